The van der Waals surface area contributed by atoms with Crippen LogP contribution in [0.2, 0.25) is 0 Å². The average molecular weight is 230 g/mol. The Morgan fingerprint density at radius 1 is 1.47 bits per heavy atom. The van der Waals surface area contributed by atoms with Gasteiger partial charge in [-0.15, -0.1) is 0 Å². The average Bonchev–Trinajstić information content (AvgIpc) is 2.39. The molecule has 1 aliphatic heterocycles. The van der Waals surface area contributed by atoms with Crippen molar-refractivity contribution in [2.24, 2.45) is 0 Å². The van der Waals surface area contributed by atoms with E-state index in [0.29, 0.717) is 36.6 Å². The Bertz CT molecular complexity index is 501. The lowest BCUT2D eigenvalue weighted by Gasteiger charge is -2.24. The first-order valence-corrected chi connectivity index (χ1v) is 5.10. The molecule has 86 valence electrons. The van der Waals surface area contributed by atoms with Crippen LogP contribution in [0.25, 0.3) is 0 Å². The van der Waals surface area contributed by atoms with E-state index >= 15 is 0 Å². The summed E-state index contributed by atoms with van der Waals surface area (Å²) in [7, 11) is 0. The number of carbonyl (C=O) groups is 1. The van der Waals surface area contributed by atoms with Crippen molar-refractivity contribution < 1.29 is 9.90 Å². The molecule has 6 nitrogen and oxygen atoms in total. The maximum Gasteiger partial charge on any atom is 0.331 e. The molecule has 0 atom stereocenters. The second-order valence-electron chi connectivity index (χ2n) is 3.61. The van der Waals surface area contributed by atoms with Crippen LogP contribution in [-0.2, 0) is 4.79 Å². The van der Waals surface area contributed by atoms with Crippen LogP contribution in [0, 0.1) is 11.3 Å². The first-order valence-electron chi connectivity index (χ1n) is 5.10. The fourth-order valence-electron chi connectivity index (χ4n) is 1.59. The molecule has 0 unspecified atom stereocenters. The van der Waals surface area contributed by atoms with E-state index in [9.17, 15) is 4.79 Å². The topological polar surface area (TPSA) is 90.1 Å². The molecule has 17 heavy (non-hydrogen) atoms. The molecule has 0 saturated heterocycles. The molecule has 1 N–H and O–H groups in total. The maximum absolute atomic E-state index is 10.7. The lowest BCUT2D eigenvalue weighted by atomic mass is 10.1. The van der Waals surface area contributed by atoms with Gasteiger partial charge in [-0.05, 0) is 6.42 Å². The zero-order valence-corrected chi connectivity index (χ0v) is 9.00. The molecule has 0 aromatic carbocycles. The second-order valence-corrected chi connectivity index (χ2v) is 3.61. The molecular formula is C11H10N4O2. The van der Waals surface area contributed by atoms with E-state index in [0.717, 1.165) is 0 Å². The summed E-state index contributed by atoms with van der Waals surface area (Å²) in [6.07, 6.45) is 5.05. The van der Waals surface area contributed by atoms with Gasteiger partial charge in [-0.3, -0.25) is 0 Å². The van der Waals surface area contributed by atoms with E-state index in [4.69, 9.17) is 10.4 Å². The van der Waals surface area contributed by atoms with Crippen molar-refractivity contribution in [3.8, 4) is 6.07 Å². The van der Waals surface area contributed by atoms with Crippen molar-refractivity contribution in [3.63, 3.8) is 0 Å². The highest BCUT2D eigenvalue weighted by molar-refractivity contribution is 5.87. The van der Waals surface area contributed by atoms with Gasteiger partial charge in [0.1, 0.15) is 6.07 Å². The van der Waals surface area contributed by atoms with Crippen molar-refractivity contribution >= 4 is 11.9 Å². The zero-order chi connectivity index (χ0) is 12.3. The summed E-state index contributed by atoms with van der Waals surface area (Å²) in [6.45, 7) is 1.05. The third-order valence-corrected chi connectivity index (χ3v) is 2.53. The summed E-state index contributed by atoms with van der Waals surface area (Å²) in [6, 6.07) is 1.95. The van der Waals surface area contributed by atoms with Gasteiger partial charge in [0.2, 0.25) is 5.95 Å². The molecule has 0 aliphatic carbocycles. The minimum Gasteiger partial charge on any atom is -0.478 e. The fraction of sp³-hybridized carbons (Fsp3) is 0.273. The number of carboxylic acid groups (broad SMARTS) is 1. The van der Waals surface area contributed by atoms with Gasteiger partial charge in [0.25, 0.3) is 0 Å². The molecule has 0 bridgehead atoms. The van der Waals surface area contributed by atoms with Crippen molar-refractivity contribution in [3.05, 3.63) is 29.6 Å². The summed E-state index contributed by atoms with van der Waals surface area (Å²) >= 11 is 0. The van der Waals surface area contributed by atoms with Gasteiger partial charge < -0.3 is 10.0 Å². The number of rotatable bonds is 2. The highest BCUT2D eigenvalue weighted by Gasteiger charge is 2.17. The third kappa shape index (κ3) is 2.39. The number of nitrogens with zero attached hydrogens (tertiary/aromatic N) is 4. The van der Waals surface area contributed by atoms with Gasteiger partial charge >= 0.3 is 5.97 Å². The standard InChI is InChI=1S/C11H10N4O2/c12-5-8-6-13-11(14-7-8)15-3-1-9(2-4-15)10(16)17/h1,6-7H,2-4H2,(H,16,17). The van der Waals surface area contributed by atoms with Crippen LogP contribution in [0.15, 0.2) is 24.0 Å². The summed E-state index contributed by atoms with van der Waals surface area (Å²) in [4.78, 5) is 20.7. The van der Waals surface area contributed by atoms with Gasteiger partial charge in [-0.25, -0.2) is 14.8 Å². The smallest absolute Gasteiger partial charge is 0.331 e. The molecular weight excluding hydrogens is 220 g/mol. The summed E-state index contributed by atoms with van der Waals surface area (Å²) in [5.41, 5.74) is 0.836. The normalized spacial score (nSPS) is 15.0. The fourth-order valence-corrected chi connectivity index (χ4v) is 1.59. The summed E-state index contributed by atoms with van der Waals surface area (Å²) in [5, 5.41) is 17.4. The molecule has 0 saturated carbocycles. The van der Waals surface area contributed by atoms with E-state index in [1.807, 2.05) is 11.0 Å². The maximum atomic E-state index is 10.7. The Kier molecular flexibility index (Phi) is 3.01. The first-order chi connectivity index (χ1) is 8.20. The van der Waals surface area contributed by atoms with Crippen LogP contribution in [-0.4, -0.2) is 34.1 Å². The van der Waals surface area contributed by atoms with Gasteiger partial charge in [0.15, 0.2) is 0 Å². The first kappa shape index (κ1) is 11.1. The number of aliphatic carboxylic acids is 1. The molecule has 0 spiro atoms. The molecule has 0 radical (unpaired) electrons. The molecule has 0 amide bonds. The van der Waals surface area contributed by atoms with Crippen LogP contribution in [0.3, 0.4) is 0 Å². The Labute approximate surface area is 97.8 Å². The Hall–Kier alpha value is -2.42. The Morgan fingerprint density at radius 3 is 2.65 bits per heavy atom. The van der Waals surface area contributed by atoms with Crippen molar-refractivity contribution in [2.45, 2.75) is 6.42 Å². The van der Waals surface area contributed by atoms with Crippen LogP contribution < -0.4 is 4.90 Å². The largest absolute Gasteiger partial charge is 0.478 e. The summed E-state index contributed by atoms with van der Waals surface area (Å²) in [5.74, 6) is -0.352. The highest BCUT2D eigenvalue weighted by atomic mass is 16.4. The van der Waals surface area contributed by atoms with Gasteiger partial charge in [-0.2, -0.15) is 5.26 Å². The van der Waals surface area contributed by atoms with E-state index in [-0.39, 0.29) is 0 Å². The minimum atomic E-state index is -0.870. The number of nitriles is 1. The predicted molar refractivity (Wildman–Crippen MR) is 59.3 cm³/mol. The number of carboxylic acids is 1. The number of anilines is 1. The number of hydrogen-bond acceptors (Lipinski definition) is 5. The minimum absolute atomic E-state index is 0.410. The van der Waals surface area contributed by atoms with Crippen LogP contribution >= 0.6 is 0 Å². The molecule has 1 aromatic heterocycles. The SMILES string of the molecule is N#Cc1cnc(N2CC=C(C(=O)O)CC2)nc1. The number of aromatic nitrogens is 2. The Morgan fingerprint density at radius 2 is 2.18 bits per heavy atom. The van der Waals surface area contributed by atoms with Gasteiger partial charge in [0, 0.05) is 18.7 Å². The van der Waals surface area contributed by atoms with E-state index in [1.165, 1.54) is 12.4 Å². The molecule has 0 fully saturated rings. The monoisotopic (exact) mass is 230 g/mol. The van der Waals surface area contributed by atoms with Gasteiger partial charge in [-0.1, -0.05) is 6.08 Å². The molecule has 2 heterocycles. The van der Waals surface area contributed by atoms with Crippen LogP contribution in [0.5, 0.6) is 0 Å². The van der Waals surface area contributed by atoms with E-state index < -0.39 is 5.97 Å². The van der Waals surface area contributed by atoms with E-state index in [1.54, 1.807) is 6.08 Å². The van der Waals surface area contributed by atoms with Crippen LogP contribution in [0.4, 0.5) is 5.95 Å². The quantitative estimate of drug-likeness (QED) is 0.798. The van der Waals surface area contributed by atoms with E-state index in [2.05, 4.69) is 9.97 Å². The second kappa shape index (κ2) is 4.61. The molecule has 6 heteroatoms. The Balaban J connectivity index is 2.10. The lowest BCUT2D eigenvalue weighted by molar-refractivity contribution is -0.132. The van der Waals surface area contributed by atoms with Crippen molar-refractivity contribution in [1.82, 2.24) is 9.97 Å². The summed E-state index contributed by atoms with van der Waals surface area (Å²) < 4.78 is 0. The highest BCUT2D eigenvalue weighted by Crippen LogP contribution is 2.15. The lowest BCUT2D eigenvalue weighted by Crippen LogP contribution is -2.31. The predicted octanol–water partition coefficient (Wildman–Crippen LogP) is 0.569. The molecule has 2 rings (SSSR count). The van der Waals surface area contributed by atoms with Crippen LogP contribution in [0.1, 0.15) is 12.0 Å². The molecule has 1 aliphatic rings. The third-order valence-electron chi connectivity index (χ3n) is 2.53. The molecule has 1 aromatic rings. The van der Waals surface area contributed by atoms with Gasteiger partial charge in [0.05, 0.1) is 18.0 Å². The van der Waals surface area contributed by atoms with Crippen molar-refractivity contribution in [2.75, 3.05) is 18.0 Å². The number of hydrogen-bond donors (Lipinski definition) is 1. The van der Waals surface area contributed by atoms with Crippen molar-refractivity contribution in [1.29, 1.82) is 5.26 Å². The zero-order valence-electron chi connectivity index (χ0n) is 9.00.